The van der Waals surface area contributed by atoms with Gasteiger partial charge in [0, 0.05) is 23.9 Å². The highest BCUT2D eigenvalue weighted by Crippen LogP contribution is 2.22. The number of carbonyl (C=O) groups is 1. The average molecular weight is 415 g/mol. The van der Waals surface area contributed by atoms with E-state index in [4.69, 9.17) is 0 Å². The minimum Gasteiger partial charge on any atom is -0.304 e. The average Bonchev–Trinajstić information content (AvgIpc) is 2.96. The number of carbonyl (C=O) groups excluding carboxylic acids is 1. The molecule has 1 aromatic heterocycles. The van der Waals surface area contributed by atoms with Crippen LogP contribution in [0.3, 0.4) is 0 Å². The predicted octanol–water partition coefficient (Wildman–Crippen LogP) is 4.16. The predicted molar refractivity (Wildman–Crippen MR) is 101 cm³/mol. The summed E-state index contributed by atoms with van der Waals surface area (Å²) in [6.45, 7) is 2.58. The number of nitrogens with zero attached hydrogens (tertiary/aromatic N) is 3. The first-order chi connectivity index (χ1) is 12.4. The lowest BCUT2D eigenvalue weighted by molar-refractivity contribution is -0.384. The second kappa shape index (κ2) is 7.49. The standard InChI is InChI=1S/C18H15BrN4O3/c1-12-5-7-13(8-6-12)10-22-11-16(19)17(21-22)20-18(24)14-3-2-4-15(9-14)23(25)26/h2-9,11H,10H2,1H3,(H,20,21,24). The summed E-state index contributed by atoms with van der Waals surface area (Å²) in [5.41, 5.74) is 2.32. The number of aryl methyl sites for hydroxylation is 1. The number of anilines is 1. The van der Waals surface area contributed by atoms with Gasteiger partial charge in [0.25, 0.3) is 11.6 Å². The van der Waals surface area contributed by atoms with Crippen LogP contribution in [-0.2, 0) is 6.54 Å². The van der Waals surface area contributed by atoms with Crippen LogP contribution < -0.4 is 5.32 Å². The summed E-state index contributed by atoms with van der Waals surface area (Å²) < 4.78 is 2.33. The summed E-state index contributed by atoms with van der Waals surface area (Å²) in [4.78, 5) is 22.6. The Hall–Kier alpha value is -3.00. The molecule has 1 amide bonds. The van der Waals surface area contributed by atoms with Gasteiger partial charge in [-0.25, -0.2) is 0 Å². The summed E-state index contributed by atoms with van der Waals surface area (Å²) in [7, 11) is 0. The van der Waals surface area contributed by atoms with E-state index in [-0.39, 0.29) is 11.3 Å². The molecule has 26 heavy (non-hydrogen) atoms. The molecule has 0 saturated heterocycles. The lowest BCUT2D eigenvalue weighted by Crippen LogP contribution is -2.13. The Morgan fingerprint density at radius 3 is 2.69 bits per heavy atom. The monoisotopic (exact) mass is 414 g/mol. The fourth-order valence-corrected chi connectivity index (χ4v) is 2.80. The van der Waals surface area contributed by atoms with Gasteiger partial charge in [0.2, 0.25) is 0 Å². The zero-order valence-electron chi connectivity index (χ0n) is 13.8. The van der Waals surface area contributed by atoms with Crippen LogP contribution in [-0.4, -0.2) is 20.6 Å². The Kier molecular flexibility index (Phi) is 5.13. The number of hydrogen-bond acceptors (Lipinski definition) is 4. The Labute approximate surface area is 157 Å². The lowest BCUT2D eigenvalue weighted by Gasteiger charge is -2.04. The van der Waals surface area contributed by atoms with Gasteiger partial charge in [0.05, 0.1) is 15.9 Å². The summed E-state index contributed by atoms with van der Waals surface area (Å²) in [5.74, 6) is -0.108. The first-order valence-electron chi connectivity index (χ1n) is 7.76. The zero-order chi connectivity index (χ0) is 18.7. The first kappa shape index (κ1) is 17.8. The number of nitro benzene ring substituents is 1. The van der Waals surface area contributed by atoms with Crippen molar-refractivity contribution < 1.29 is 9.72 Å². The van der Waals surface area contributed by atoms with Crippen molar-refractivity contribution in [2.45, 2.75) is 13.5 Å². The third-order valence-corrected chi connectivity index (χ3v) is 4.31. The largest absolute Gasteiger partial charge is 0.304 e. The SMILES string of the molecule is Cc1ccc(Cn2cc(Br)c(NC(=O)c3cccc([N+](=O)[O-])c3)n2)cc1. The molecule has 7 nitrogen and oxygen atoms in total. The first-order valence-corrected chi connectivity index (χ1v) is 8.56. The Balaban J connectivity index is 1.75. The third-order valence-electron chi connectivity index (χ3n) is 3.73. The molecule has 0 saturated carbocycles. The number of non-ortho nitro benzene ring substituents is 1. The summed E-state index contributed by atoms with van der Waals surface area (Å²) in [6.07, 6.45) is 1.77. The van der Waals surface area contributed by atoms with E-state index >= 15 is 0 Å². The smallest absolute Gasteiger partial charge is 0.270 e. The molecule has 1 N–H and O–H groups in total. The minimum absolute atomic E-state index is 0.137. The molecule has 0 aliphatic heterocycles. The van der Waals surface area contributed by atoms with Gasteiger partial charge in [-0.05, 0) is 34.5 Å². The van der Waals surface area contributed by atoms with Crippen molar-refractivity contribution >= 4 is 33.3 Å². The van der Waals surface area contributed by atoms with Crippen molar-refractivity contribution in [3.63, 3.8) is 0 Å². The maximum absolute atomic E-state index is 12.3. The fourth-order valence-electron chi connectivity index (χ4n) is 2.38. The number of hydrogen-bond donors (Lipinski definition) is 1. The number of aromatic nitrogens is 2. The molecule has 3 aromatic rings. The molecule has 132 valence electrons. The van der Waals surface area contributed by atoms with Gasteiger partial charge in [-0.3, -0.25) is 19.6 Å². The van der Waals surface area contributed by atoms with Crippen molar-refractivity contribution in [2.75, 3.05) is 5.32 Å². The van der Waals surface area contributed by atoms with E-state index in [2.05, 4.69) is 26.3 Å². The van der Waals surface area contributed by atoms with Gasteiger partial charge in [-0.1, -0.05) is 35.9 Å². The highest BCUT2D eigenvalue weighted by molar-refractivity contribution is 9.10. The van der Waals surface area contributed by atoms with Crippen LogP contribution in [0.15, 0.2) is 59.2 Å². The topological polar surface area (TPSA) is 90.1 Å². The molecule has 2 aromatic carbocycles. The van der Waals surface area contributed by atoms with Crippen LogP contribution in [0.25, 0.3) is 0 Å². The van der Waals surface area contributed by atoms with E-state index in [9.17, 15) is 14.9 Å². The summed E-state index contributed by atoms with van der Waals surface area (Å²) in [6, 6.07) is 13.6. The fraction of sp³-hybridized carbons (Fsp3) is 0.111. The van der Waals surface area contributed by atoms with Gasteiger partial charge < -0.3 is 5.32 Å². The van der Waals surface area contributed by atoms with Crippen molar-refractivity contribution in [1.29, 1.82) is 0 Å². The maximum Gasteiger partial charge on any atom is 0.270 e. The molecule has 0 atom stereocenters. The van der Waals surface area contributed by atoms with Crippen LogP contribution in [0.2, 0.25) is 0 Å². The quantitative estimate of drug-likeness (QED) is 0.501. The third kappa shape index (κ3) is 4.15. The lowest BCUT2D eigenvalue weighted by atomic mass is 10.1. The van der Waals surface area contributed by atoms with Gasteiger partial charge in [-0.15, -0.1) is 0 Å². The van der Waals surface area contributed by atoms with Crippen LogP contribution in [0.5, 0.6) is 0 Å². The molecule has 0 fully saturated rings. The van der Waals surface area contributed by atoms with Crippen LogP contribution in [0.4, 0.5) is 11.5 Å². The van der Waals surface area contributed by atoms with Gasteiger partial charge in [0.1, 0.15) is 0 Å². The van der Waals surface area contributed by atoms with Gasteiger partial charge in [0.15, 0.2) is 5.82 Å². The van der Waals surface area contributed by atoms with Crippen LogP contribution in [0.1, 0.15) is 21.5 Å². The Bertz CT molecular complexity index is 967. The number of rotatable bonds is 5. The van der Waals surface area contributed by atoms with Gasteiger partial charge in [-0.2, -0.15) is 5.10 Å². The van der Waals surface area contributed by atoms with Gasteiger partial charge >= 0.3 is 0 Å². The number of nitro groups is 1. The molecule has 0 bridgehead atoms. The Morgan fingerprint density at radius 1 is 1.27 bits per heavy atom. The van der Waals surface area contributed by atoms with Crippen molar-refractivity contribution in [3.05, 3.63) is 86.0 Å². The van der Waals surface area contributed by atoms with Crippen molar-refractivity contribution in [3.8, 4) is 0 Å². The number of halogens is 1. The second-order valence-corrected chi connectivity index (χ2v) is 6.62. The zero-order valence-corrected chi connectivity index (χ0v) is 15.4. The molecular formula is C18H15BrN4O3. The molecule has 0 aliphatic rings. The second-order valence-electron chi connectivity index (χ2n) is 5.77. The normalized spacial score (nSPS) is 10.5. The van der Waals surface area contributed by atoms with Crippen molar-refractivity contribution in [1.82, 2.24) is 9.78 Å². The van der Waals surface area contributed by atoms with Crippen LogP contribution in [0, 0.1) is 17.0 Å². The number of nitrogens with one attached hydrogen (secondary N) is 1. The molecule has 3 rings (SSSR count). The molecule has 0 radical (unpaired) electrons. The highest BCUT2D eigenvalue weighted by atomic mass is 79.9. The maximum atomic E-state index is 12.3. The van der Waals surface area contributed by atoms with E-state index < -0.39 is 10.8 Å². The van der Waals surface area contributed by atoms with E-state index in [1.54, 1.807) is 10.9 Å². The molecule has 0 unspecified atom stereocenters. The molecule has 1 heterocycles. The van der Waals surface area contributed by atoms with E-state index in [0.29, 0.717) is 16.8 Å². The van der Waals surface area contributed by atoms with E-state index in [1.165, 1.54) is 29.8 Å². The summed E-state index contributed by atoms with van der Waals surface area (Å²) in [5, 5.41) is 17.9. The highest BCUT2D eigenvalue weighted by Gasteiger charge is 2.15. The summed E-state index contributed by atoms with van der Waals surface area (Å²) >= 11 is 3.37. The van der Waals surface area contributed by atoms with Crippen LogP contribution >= 0.6 is 15.9 Å². The molecule has 0 spiro atoms. The minimum atomic E-state index is -0.539. The molecular weight excluding hydrogens is 400 g/mol. The number of amides is 1. The van der Waals surface area contributed by atoms with E-state index in [1.807, 2.05) is 31.2 Å². The number of benzene rings is 2. The molecule has 0 aliphatic carbocycles. The van der Waals surface area contributed by atoms with E-state index in [0.717, 1.165) is 5.56 Å². The molecule has 8 heteroatoms. The Morgan fingerprint density at radius 2 is 2.00 bits per heavy atom. The van der Waals surface area contributed by atoms with Crippen molar-refractivity contribution in [2.24, 2.45) is 0 Å².